The van der Waals surface area contributed by atoms with Crippen LogP contribution in [-0.4, -0.2) is 22.6 Å². The van der Waals surface area contributed by atoms with Gasteiger partial charge in [0.05, 0.1) is 0 Å². The summed E-state index contributed by atoms with van der Waals surface area (Å²) in [6.45, 7) is 2.73. The van der Waals surface area contributed by atoms with Crippen LogP contribution < -0.4 is 0 Å². The normalized spacial score (nSPS) is 12.2. The lowest BCUT2D eigenvalue weighted by Gasteiger charge is -2.00. The van der Waals surface area contributed by atoms with E-state index in [1.807, 2.05) is 0 Å². The van der Waals surface area contributed by atoms with E-state index >= 15 is 0 Å². The van der Waals surface area contributed by atoms with E-state index in [1.54, 1.807) is 0 Å². The summed E-state index contributed by atoms with van der Waals surface area (Å²) in [6, 6.07) is 0. The number of hydrogen-bond donors (Lipinski definition) is 1. The van der Waals surface area contributed by atoms with Crippen LogP contribution in [0.3, 0.4) is 0 Å². The van der Waals surface area contributed by atoms with Crippen LogP contribution in [0.2, 0.25) is 0 Å². The molecule has 0 radical (unpaired) electrons. The Labute approximate surface area is 64.2 Å². The van der Waals surface area contributed by atoms with Crippen molar-refractivity contribution in [3.63, 3.8) is 0 Å². The fourth-order valence-electron chi connectivity index (χ4n) is 0.528. The lowest BCUT2D eigenvalue weighted by atomic mass is 10.0. The summed E-state index contributed by atoms with van der Waals surface area (Å²) in [7, 11) is 0. The molecule has 0 aliphatic heterocycles. The molecule has 0 saturated carbocycles. The van der Waals surface area contributed by atoms with Crippen LogP contribution in [0.5, 0.6) is 0 Å². The lowest BCUT2D eigenvalue weighted by Crippen LogP contribution is -2.27. The summed E-state index contributed by atoms with van der Waals surface area (Å²) >= 11 is 0. The van der Waals surface area contributed by atoms with Gasteiger partial charge in [0.1, 0.15) is 5.92 Å². The highest BCUT2D eigenvalue weighted by Gasteiger charge is 2.25. The second kappa shape index (κ2) is 3.85. The van der Waals surface area contributed by atoms with E-state index in [0.29, 0.717) is 0 Å². The molecule has 0 spiro atoms. The van der Waals surface area contributed by atoms with Gasteiger partial charge < -0.3 is 5.11 Å². The number of carbonyl (C=O) groups excluding carboxylic acids is 2. The van der Waals surface area contributed by atoms with Crippen molar-refractivity contribution in [2.24, 2.45) is 5.92 Å². The van der Waals surface area contributed by atoms with E-state index in [9.17, 15) is 14.4 Å². The zero-order valence-corrected chi connectivity index (χ0v) is 6.46. The maximum Gasteiger partial charge on any atom is 0.314 e. The van der Waals surface area contributed by atoms with Crippen LogP contribution in [0.15, 0.2) is 0 Å². The molecule has 0 aromatic carbocycles. The Hall–Kier alpha value is -1.19. The minimum Gasteiger partial charge on any atom is -0.481 e. The number of rotatable bonds is 4. The maximum absolute atomic E-state index is 10.8. The van der Waals surface area contributed by atoms with Gasteiger partial charge in [-0.15, -0.1) is 0 Å². The first-order valence-corrected chi connectivity index (χ1v) is 3.30. The van der Waals surface area contributed by atoms with Crippen LogP contribution in [-0.2, 0) is 14.4 Å². The van der Waals surface area contributed by atoms with Gasteiger partial charge in [-0.2, -0.15) is 0 Å². The third-order valence-corrected chi connectivity index (χ3v) is 1.36. The quantitative estimate of drug-likeness (QED) is 0.470. The highest BCUT2D eigenvalue weighted by atomic mass is 16.4. The molecule has 1 atom stereocenters. The average Bonchev–Trinajstić information content (AvgIpc) is 2.00. The molecule has 0 amide bonds. The highest BCUT2D eigenvalue weighted by Crippen LogP contribution is 1.99. The van der Waals surface area contributed by atoms with Crippen molar-refractivity contribution < 1.29 is 19.5 Å². The van der Waals surface area contributed by atoms with E-state index in [-0.39, 0.29) is 6.42 Å². The second-order valence-electron chi connectivity index (χ2n) is 2.20. The van der Waals surface area contributed by atoms with E-state index in [0.717, 1.165) is 0 Å². The summed E-state index contributed by atoms with van der Waals surface area (Å²) in [6.07, 6.45) is 0.0659. The molecule has 0 aliphatic rings. The number of ketones is 2. The van der Waals surface area contributed by atoms with E-state index in [1.165, 1.54) is 13.8 Å². The molecule has 4 heteroatoms. The van der Waals surface area contributed by atoms with Gasteiger partial charge in [-0.3, -0.25) is 14.4 Å². The Morgan fingerprint density at radius 1 is 1.36 bits per heavy atom. The second-order valence-corrected chi connectivity index (χ2v) is 2.20. The molecule has 0 saturated heterocycles. The zero-order valence-electron chi connectivity index (χ0n) is 6.46. The minimum atomic E-state index is -1.25. The smallest absolute Gasteiger partial charge is 0.314 e. The van der Waals surface area contributed by atoms with Gasteiger partial charge in [0.2, 0.25) is 5.78 Å². The first-order chi connectivity index (χ1) is 5.00. The van der Waals surface area contributed by atoms with E-state index < -0.39 is 23.5 Å². The molecule has 1 unspecified atom stereocenters. The molecule has 62 valence electrons. The average molecular weight is 158 g/mol. The maximum atomic E-state index is 10.8. The van der Waals surface area contributed by atoms with Crippen LogP contribution >= 0.6 is 0 Å². The van der Waals surface area contributed by atoms with Crippen molar-refractivity contribution in [1.82, 2.24) is 0 Å². The van der Waals surface area contributed by atoms with Gasteiger partial charge >= 0.3 is 5.97 Å². The van der Waals surface area contributed by atoms with Crippen LogP contribution in [0.4, 0.5) is 0 Å². The van der Waals surface area contributed by atoms with Gasteiger partial charge in [-0.05, 0) is 6.92 Å². The van der Waals surface area contributed by atoms with Gasteiger partial charge in [0.25, 0.3) is 0 Å². The van der Waals surface area contributed by atoms with Crippen LogP contribution in [0.25, 0.3) is 0 Å². The highest BCUT2D eigenvalue weighted by molar-refractivity contribution is 6.40. The summed E-state index contributed by atoms with van der Waals surface area (Å²) in [5, 5.41) is 8.32. The summed E-state index contributed by atoms with van der Waals surface area (Å²) < 4.78 is 0. The van der Waals surface area contributed by atoms with Crippen molar-refractivity contribution in [2.75, 3.05) is 0 Å². The topological polar surface area (TPSA) is 71.4 Å². The number of Topliss-reactive ketones (excluding diaryl/α,β-unsaturated/α-hetero) is 2. The van der Waals surface area contributed by atoms with Crippen molar-refractivity contribution in [3.8, 4) is 0 Å². The fourth-order valence-corrected chi connectivity index (χ4v) is 0.528. The summed E-state index contributed by atoms with van der Waals surface area (Å²) in [5.41, 5.74) is 0. The van der Waals surface area contributed by atoms with Gasteiger partial charge in [0, 0.05) is 6.42 Å². The predicted molar refractivity (Wildman–Crippen MR) is 37.1 cm³/mol. The molecule has 0 aromatic heterocycles. The molecule has 0 aliphatic carbocycles. The van der Waals surface area contributed by atoms with E-state index in [2.05, 4.69) is 0 Å². The number of carboxylic acids is 1. The number of hydrogen-bond acceptors (Lipinski definition) is 3. The molecule has 0 fully saturated rings. The predicted octanol–water partition coefficient (Wildman–Crippen LogP) is 0.255. The molecule has 0 aromatic rings. The molecule has 4 nitrogen and oxygen atoms in total. The van der Waals surface area contributed by atoms with Crippen molar-refractivity contribution >= 4 is 17.5 Å². The molecular weight excluding hydrogens is 148 g/mol. The van der Waals surface area contributed by atoms with Gasteiger partial charge in [0.15, 0.2) is 5.78 Å². The molecule has 1 N–H and O–H groups in total. The van der Waals surface area contributed by atoms with Crippen molar-refractivity contribution in [2.45, 2.75) is 20.3 Å². The zero-order chi connectivity index (χ0) is 9.02. The van der Waals surface area contributed by atoms with Crippen molar-refractivity contribution in [1.29, 1.82) is 0 Å². The first-order valence-electron chi connectivity index (χ1n) is 3.30. The van der Waals surface area contributed by atoms with Crippen LogP contribution in [0, 0.1) is 5.92 Å². The third-order valence-electron chi connectivity index (χ3n) is 1.36. The Kier molecular flexibility index (Phi) is 3.44. The van der Waals surface area contributed by atoms with Gasteiger partial charge in [-0.1, -0.05) is 6.92 Å². The molecule has 0 bridgehead atoms. The Bertz CT molecular complexity index is 195. The molecule has 0 heterocycles. The Morgan fingerprint density at radius 2 is 1.82 bits per heavy atom. The third kappa shape index (κ3) is 2.49. The standard InChI is InChI=1S/C7H10O4/c1-3-5(8)6(9)4(2)7(10)11/h4H,3H2,1-2H3,(H,10,11). The first kappa shape index (κ1) is 9.81. The Balaban J connectivity index is 4.25. The van der Waals surface area contributed by atoms with Crippen LogP contribution in [0.1, 0.15) is 20.3 Å². The summed E-state index contributed by atoms with van der Waals surface area (Å²) in [4.78, 5) is 31.6. The number of aliphatic carboxylic acids is 1. The van der Waals surface area contributed by atoms with Crippen molar-refractivity contribution in [3.05, 3.63) is 0 Å². The lowest BCUT2D eigenvalue weighted by molar-refractivity contribution is -0.149. The SMILES string of the molecule is CCC(=O)C(=O)C(C)C(=O)O. The van der Waals surface area contributed by atoms with E-state index in [4.69, 9.17) is 5.11 Å². The molecule has 0 rings (SSSR count). The fraction of sp³-hybridized carbons (Fsp3) is 0.571. The minimum absolute atomic E-state index is 0.0659. The number of carboxylic acid groups (broad SMARTS) is 1. The van der Waals surface area contributed by atoms with Gasteiger partial charge in [-0.25, -0.2) is 0 Å². The largest absolute Gasteiger partial charge is 0.481 e. The monoisotopic (exact) mass is 158 g/mol. The molecular formula is C7H10O4. The summed E-state index contributed by atoms with van der Waals surface area (Å²) in [5.74, 6) is -3.90. The Morgan fingerprint density at radius 3 is 2.09 bits per heavy atom. The number of carbonyl (C=O) groups is 3. The molecule has 11 heavy (non-hydrogen) atoms.